The number of furan rings is 1. The number of nitrogens with zero attached hydrogens (tertiary/aromatic N) is 2. The van der Waals surface area contributed by atoms with Crippen molar-refractivity contribution >= 4 is 22.7 Å². The van der Waals surface area contributed by atoms with Crippen molar-refractivity contribution in [3.63, 3.8) is 0 Å². The molecule has 6 heteroatoms. The Morgan fingerprint density at radius 2 is 2.20 bits per heavy atom. The SMILES string of the molecule is CSCC[C@@H](N)c1nc(-c2cc3ccccc3o2)no1. The van der Waals surface area contributed by atoms with E-state index in [4.69, 9.17) is 14.7 Å². The van der Waals surface area contributed by atoms with Gasteiger partial charge in [0, 0.05) is 5.39 Å². The molecule has 0 saturated carbocycles. The molecule has 104 valence electrons. The molecule has 1 atom stereocenters. The first-order valence-electron chi connectivity index (χ1n) is 6.35. The van der Waals surface area contributed by atoms with Gasteiger partial charge in [0.1, 0.15) is 5.58 Å². The van der Waals surface area contributed by atoms with Crippen LogP contribution in [0.1, 0.15) is 18.4 Å². The lowest BCUT2D eigenvalue weighted by Crippen LogP contribution is -2.11. The number of nitrogens with two attached hydrogens (primary N) is 1. The molecule has 1 aromatic carbocycles. The highest BCUT2D eigenvalue weighted by molar-refractivity contribution is 7.98. The molecule has 2 aromatic heterocycles. The lowest BCUT2D eigenvalue weighted by atomic mass is 10.2. The molecule has 2 N–H and O–H groups in total. The van der Waals surface area contributed by atoms with Crippen LogP contribution in [0.4, 0.5) is 0 Å². The average molecular weight is 289 g/mol. The number of hydrogen-bond donors (Lipinski definition) is 1. The standard InChI is InChI=1S/C14H15N3O2S/c1-20-7-6-10(15)14-16-13(17-19-14)12-8-9-4-2-3-5-11(9)18-12/h2-5,8,10H,6-7,15H2,1H3/t10-/m1/s1. The Labute approximate surface area is 120 Å². The maximum Gasteiger partial charge on any atom is 0.244 e. The van der Waals surface area contributed by atoms with Gasteiger partial charge in [-0.05, 0) is 30.6 Å². The van der Waals surface area contributed by atoms with Gasteiger partial charge < -0.3 is 14.7 Å². The van der Waals surface area contributed by atoms with Gasteiger partial charge in [0.25, 0.3) is 0 Å². The minimum absolute atomic E-state index is 0.229. The zero-order chi connectivity index (χ0) is 13.9. The van der Waals surface area contributed by atoms with E-state index in [0.717, 1.165) is 23.1 Å². The fourth-order valence-electron chi connectivity index (χ4n) is 1.95. The van der Waals surface area contributed by atoms with E-state index in [1.165, 1.54) is 0 Å². The Morgan fingerprint density at radius 1 is 1.35 bits per heavy atom. The smallest absolute Gasteiger partial charge is 0.244 e. The van der Waals surface area contributed by atoms with E-state index in [0.29, 0.717) is 17.5 Å². The van der Waals surface area contributed by atoms with Crippen LogP contribution in [0.3, 0.4) is 0 Å². The number of para-hydroxylation sites is 1. The third kappa shape index (κ3) is 2.57. The van der Waals surface area contributed by atoms with Crippen LogP contribution >= 0.6 is 11.8 Å². The molecule has 0 aliphatic heterocycles. The monoisotopic (exact) mass is 289 g/mol. The molecule has 3 aromatic rings. The molecule has 0 amide bonds. The zero-order valence-electron chi connectivity index (χ0n) is 11.1. The number of aromatic nitrogens is 2. The summed E-state index contributed by atoms with van der Waals surface area (Å²) in [4.78, 5) is 4.32. The fraction of sp³-hybridized carbons (Fsp3) is 0.286. The van der Waals surface area contributed by atoms with E-state index >= 15 is 0 Å². The summed E-state index contributed by atoms with van der Waals surface area (Å²) in [5.74, 6) is 2.45. The molecule has 0 spiro atoms. The second-order valence-electron chi connectivity index (χ2n) is 4.49. The van der Waals surface area contributed by atoms with Crippen LogP contribution in [0.15, 0.2) is 39.3 Å². The van der Waals surface area contributed by atoms with Gasteiger partial charge in [-0.2, -0.15) is 16.7 Å². The predicted octanol–water partition coefficient (Wildman–Crippen LogP) is 3.24. The zero-order valence-corrected chi connectivity index (χ0v) is 11.9. The summed E-state index contributed by atoms with van der Waals surface area (Å²) in [6, 6.07) is 9.44. The Hall–Kier alpha value is -1.79. The fourth-order valence-corrected chi connectivity index (χ4v) is 2.44. The van der Waals surface area contributed by atoms with Crippen LogP contribution in [-0.4, -0.2) is 22.1 Å². The quantitative estimate of drug-likeness (QED) is 0.777. The van der Waals surface area contributed by atoms with Crippen molar-refractivity contribution < 1.29 is 8.94 Å². The van der Waals surface area contributed by atoms with Crippen molar-refractivity contribution in [3.05, 3.63) is 36.2 Å². The van der Waals surface area contributed by atoms with Crippen molar-refractivity contribution in [2.24, 2.45) is 5.73 Å². The number of thioether (sulfide) groups is 1. The minimum atomic E-state index is -0.229. The molecule has 0 bridgehead atoms. The van der Waals surface area contributed by atoms with Gasteiger partial charge in [0.15, 0.2) is 5.76 Å². The second kappa shape index (κ2) is 5.68. The highest BCUT2D eigenvalue weighted by Crippen LogP contribution is 2.26. The molecule has 0 saturated heterocycles. The molecule has 0 aliphatic carbocycles. The largest absolute Gasteiger partial charge is 0.453 e. The maximum atomic E-state index is 6.01. The summed E-state index contributed by atoms with van der Waals surface area (Å²) in [6.07, 6.45) is 2.85. The molecule has 20 heavy (non-hydrogen) atoms. The lowest BCUT2D eigenvalue weighted by Gasteiger charge is -2.03. The van der Waals surface area contributed by atoms with E-state index in [-0.39, 0.29) is 6.04 Å². The van der Waals surface area contributed by atoms with Gasteiger partial charge in [-0.15, -0.1) is 0 Å². The third-order valence-corrected chi connectivity index (χ3v) is 3.68. The van der Waals surface area contributed by atoms with Gasteiger partial charge in [-0.1, -0.05) is 23.4 Å². The first-order valence-corrected chi connectivity index (χ1v) is 7.74. The van der Waals surface area contributed by atoms with E-state index in [1.807, 2.05) is 36.6 Å². The van der Waals surface area contributed by atoms with Crippen LogP contribution in [-0.2, 0) is 0 Å². The molecule has 0 fully saturated rings. The number of fused-ring (bicyclic) bond motifs is 1. The van der Waals surface area contributed by atoms with E-state index in [9.17, 15) is 0 Å². The number of hydrogen-bond acceptors (Lipinski definition) is 6. The van der Waals surface area contributed by atoms with Crippen molar-refractivity contribution in [1.29, 1.82) is 0 Å². The van der Waals surface area contributed by atoms with Crippen LogP contribution in [0.25, 0.3) is 22.6 Å². The Morgan fingerprint density at radius 3 is 3.00 bits per heavy atom. The summed E-state index contributed by atoms with van der Waals surface area (Å²) < 4.78 is 10.9. The van der Waals surface area contributed by atoms with Crippen molar-refractivity contribution in [1.82, 2.24) is 10.1 Å². The summed E-state index contributed by atoms with van der Waals surface area (Å²) >= 11 is 1.74. The second-order valence-corrected chi connectivity index (χ2v) is 5.48. The molecular weight excluding hydrogens is 274 g/mol. The summed E-state index contributed by atoms with van der Waals surface area (Å²) in [6.45, 7) is 0. The summed E-state index contributed by atoms with van der Waals surface area (Å²) in [7, 11) is 0. The molecule has 0 radical (unpaired) electrons. The van der Waals surface area contributed by atoms with Crippen LogP contribution in [0, 0.1) is 0 Å². The van der Waals surface area contributed by atoms with Crippen LogP contribution in [0.2, 0.25) is 0 Å². The van der Waals surface area contributed by atoms with E-state index < -0.39 is 0 Å². The molecule has 2 heterocycles. The van der Waals surface area contributed by atoms with E-state index in [2.05, 4.69) is 10.1 Å². The highest BCUT2D eigenvalue weighted by atomic mass is 32.2. The van der Waals surface area contributed by atoms with E-state index in [1.54, 1.807) is 11.8 Å². The summed E-state index contributed by atoms with van der Waals surface area (Å²) in [5, 5.41) is 4.96. The highest BCUT2D eigenvalue weighted by Gasteiger charge is 2.17. The Kier molecular flexibility index (Phi) is 3.75. The normalized spacial score (nSPS) is 12.9. The van der Waals surface area contributed by atoms with Crippen LogP contribution < -0.4 is 5.73 Å². The number of benzene rings is 1. The molecule has 3 rings (SSSR count). The van der Waals surface area contributed by atoms with Gasteiger partial charge in [-0.25, -0.2) is 0 Å². The first kappa shape index (κ1) is 13.2. The first-order chi connectivity index (χ1) is 9.78. The molecular formula is C14H15N3O2S. The third-order valence-electron chi connectivity index (χ3n) is 3.04. The lowest BCUT2D eigenvalue weighted by molar-refractivity contribution is 0.352. The maximum absolute atomic E-state index is 6.01. The van der Waals surface area contributed by atoms with Gasteiger partial charge in [0.2, 0.25) is 11.7 Å². The molecule has 5 nitrogen and oxygen atoms in total. The molecule has 0 unspecified atom stereocenters. The Balaban J connectivity index is 1.85. The van der Waals surface area contributed by atoms with Crippen molar-refractivity contribution in [3.8, 4) is 11.6 Å². The van der Waals surface area contributed by atoms with Crippen molar-refractivity contribution in [2.75, 3.05) is 12.0 Å². The van der Waals surface area contributed by atoms with Gasteiger partial charge in [-0.3, -0.25) is 0 Å². The average Bonchev–Trinajstić information content (AvgIpc) is 3.10. The summed E-state index contributed by atoms with van der Waals surface area (Å²) in [5.41, 5.74) is 6.81. The predicted molar refractivity (Wildman–Crippen MR) is 79.4 cm³/mol. The number of rotatable bonds is 5. The van der Waals surface area contributed by atoms with Gasteiger partial charge in [0.05, 0.1) is 6.04 Å². The Bertz CT molecular complexity index is 674. The minimum Gasteiger partial charge on any atom is -0.453 e. The molecule has 0 aliphatic rings. The topological polar surface area (TPSA) is 78.1 Å². The van der Waals surface area contributed by atoms with Crippen LogP contribution in [0.5, 0.6) is 0 Å². The van der Waals surface area contributed by atoms with Gasteiger partial charge >= 0.3 is 0 Å². The van der Waals surface area contributed by atoms with Crippen molar-refractivity contribution in [2.45, 2.75) is 12.5 Å².